The van der Waals surface area contributed by atoms with Crippen LogP contribution in [0, 0.1) is 23.7 Å². The molecule has 3 rings (SSSR count). The minimum atomic E-state index is 0.0965. The lowest BCUT2D eigenvalue weighted by molar-refractivity contribution is -0.0390. The van der Waals surface area contributed by atoms with Gasteiger partial charge in [0.05, 0.1) is 6.10 Å². The van der Waals surface area contributed by atoms with Gasteiger partial charge in [-0.2, -0.15) is 0 Å². The number of hydrogen-bond donors (Lipinski definition) is 0. The molecule has 3 atom stereocenters. The van der Waals surface area contributed by atoms with E-state index in [1.807, 2.05) is 31.2 Å². The van der Waals surface area contributed by atoms with E-state index < -0.39 is 0 Å². The van der Waals surface area contributed by atoms with E-state index in [2.05, 4.69) is 20.8 Å². The first-order valence-corrected chi connectivity index (χ1v) is 8.06. The Bertz CT molecular complexity index is 543. The molecule has 0 amide bonds. The molecule has 114 valence electrons. The number of ketones is 1. The van der Waals surface area contributed by atoms with E-state index in [1.54, 1.807) is 0 Å². The number of rotatable bonds is 4. The smallest absolute Gasteiger partial charge is 0.188 e. The third kappa shape index (κ3) is 2.24. The van der Waals surface area contributed by atoms with Crippen LogP contribution in [0.15, 0.2) is 24.3 Å². The predicted molar refractivity (Wildman–Crippen MR) is 84.5 cm³/mol. The summed E-state index contributed by atoms with van der Waals surface area (Å²) in [6.07, 6.45) is 3.90. The van der Waals surface area contributed by atoms with Gasteiger partial charge in [-0.15, -0.1) is 0 Å². The van der Waals surface area contributed by atoms with Crippen LogP contribution in [0.2, 0.25) is 0 Å². The van der Waals surface area contributed by atoms with Crippen molar-refractivity contribution in [1.82, 2.24) is 0 Å². The van der Waals surface area contributed by atoms with E-state index in [0.29, 0.717) is 5.41 Å². The minimum absolute atomic E-state index is 0.0965. The Morgan fingerprint density at radius 2 is 1.90 bits per heavy atom. The summed E-state index contributed by atoms with van der Waals surface area (Å²) in [6, 6.07) is 7.76. The monoisotopic (exact) mass is 286 g/mol. The molecule has 2 aliphatic rings. The van der Waals surface area contributed by atoms with E-state index in [-0.39, 0.29) is 23.9 Å². The Balaban J connectivity index is 1.64. The van der Waals surface area contributed by atoms with Crippen molar-refractivity contribution in [3.63, 3.8) is 0 Å². The predicted octanol–water partition coefficient (Wildman–Crippen LogP) is 4.41. The van der Waals surface area contributed by atoms with Gasteiger partial charge in [0.1, 0.15) is 6.61 Å². The molecule has 0 heterocycles. The zero-order valence-corrected chi connectivity index (χ0v) is 13.6. The van der Waals surface area contributed by atoms with Crippen LogP contribution < -0.4 is 0 Å². The molecule has 21 heavy (non-hydrogen) atoms. The van der Waals surface area contributed by atoms with Crippen molar-refractivity contribution in [2.24, 2.45) is 16.7 Å². The average Bonchev–Trinajstić information content (AvgIpc) is 2.78. The van der Waals surface area contributed by atoms with Gasteiger partial charge in [-0.1, -0.05) is 50.6 Å². The van der Waals surface area contributed by atoms with E-state index in [0.717, 1.165) is 17.9 Å². The molecule has 2 nitrogen and oxygen atoms in total. The minimum Gasteiger partial charge on any atom is -0.369 e. The average molecular weight is 286 g/mol. The van der Waals surface area contributed by atoms with E-state index in [4.69, 9.17) is 4.74 Å². The van der Waals surface area contributed by atoms with Crippen molar-refractivity contribution in [2.45, 2.75) is 53.1 Å². The molecule has 2 saturated carbocycles. The van der Waals surface area contributed by atoms with Gasteiger partial charge < -0.3 is 4.74 Å². The van der Waals surface area contributed by atoms with Crippen LogP contribution in [0.5, 0.6) is 0 Å². The molecule has 2 aliphatic carbocycles. The first-order valence-electron chi connectivity index (χ1n) is 8.06. The second-order valence-electron chi connectivity index (χ2n) is 7.70. The topological polar surface area (TPSA) is 26.3 Å². The van der Waals surface area contributed by atoms with E-state index in [1.165, 1.54) is 18.4 Å². The summed E-state index contributed by atoms with van der Waals surface area (Å²) < 4.78 is 6.07. The molecule has 0 saturated heterocycles. The highest BCUT2D eigenvalue weighted by molar-refractivity contribution is 5.97. The van der Waals surface area contributed by atoms with Crippen LogP contribution in [0.4, 0.5) is 0 Å². The fourth-order valence-electron chi connectivity index (χ4n) is 4.38. The summed E-state index contributed by atoms with van der Waals surface area (Å²) in [5.41, 5.74) is 2.50. The van der Waals surface area contributed by atoms with Crippen molar-refractivity contribution in [3.05, 3.63) is 35.4 Å². The maximum atomic E-state index is 12.3. The fraction of sp³-hybridized carbons (Fsp3) is 0.632. The molecule has 1 aromatic carbocycles. The number of benzene rings is 1. The molecule has 2 fully saturated rings. The first kappa shape index (κ1) is 14.8. The number of carbonyl (C=O) groups excluding carboxylic acids is 1. The van der Waals surface area contributed by atoms with Gasteiger partial charge in [-0.3, -0.25) is 4.79 Å². The maximum absolute atomic E-state index is 12.3. The van der Waals surface area contributed by atoms with E-state index >= 15 is 0 Å². The molecule has 0 radical (unpaired) electrons. The zero-order chi connectivity index (χ0) is 15.3. The largest absolute Gasteiger partial charge is 0.369 e. The lowest BCUT2D eigenvalue weighted by atomic mass is 9.70. The van der Waals surface area contributed by atoms with Gasteiger partial charge in [0, 0.05) is 5.56 Å². The normalized spacial score (nSPS) is 33.3. The summed E-state index contributed by atoms with van der Waals surface area (Å²) in [5, 5.41) is 0. The Hall–Kier alpha value is -1.15. The second kappa shape index (κ2) is 4.95. The Labute approximate surface area is 127 Å². The van der Waals surface area contributed by atoms with Crippen molar-refractivity contribution >= 4 is 5.78 Å². The quantitative estimate of drug-likeness (QED) is 0.766. The highest BCUT2D eigenvalue weighted by atomic mass is 16.5. The summed E-state index contributed by atoms with van der Waals surface area (Å²) in [4.78, 5) is 12.3. The molecule has 0 N–H and O–H groups in total. The summed E-state index contributed by atoms with van der Waals surface area (Å²) >= 11 is 0. The van der Waals surface area contributed by atoms with Gasteiger partial charge in [0.15, 0.2) is 5.78 Å². The number of hydrogen-bond acceptors (Lipinski definition) is 2. The van der Waals surface area contributed by atoms with Crippen LogP contribution in [-0.2, 0) is 4.74 Å². The van der Waals surface area contributed by atoms with E-state index in [9.17, 15) is 4.79 Å². The second-order valence-corrected chi connectivity index (χ2v) is 7.70. The molecular formula is C19H26O2. The molecule has 0 aliphatic heterocycles. The number of aryl methyl sites for hydroxylation is 1. The molecule has 2 heteroatoms. The number of ether oxygens (including phenoxy) is 1. The van der Waals surface area contributed by atoms with Crippen LogP contribution in [-0.4, -0.2) is 18.5 Å². The summed E-state index contributed by atoms with van der Waals surface area (Å²) in [7, 11) is 0. The van der Waals surface area contributed by atoms with Crippen LogP contribution in [0.3, 0.4) is 0 Å². The Morgan fingerprint density at radius 3 is 2.43 bits per heavy atom. The highest BCUT2D eigenvalue weighted by Gasteiger charge is 2.61. The van der Waals surface area contributed by atoms with Crippen molar-refractivity contribution in [3.8, 4) is 0 Å². The molecule has 0 spiro atoms. The first-order chi connectivity index (χ1) is 9.84. The third-order valence-electron chi connectivity index (χ3n) is 6.50. The van der Waals surface area contributed by atoms with Crippen molar-refractivity contribution in [1.29, 1.82) is 0 Å². The lowest BCUT2D eigenvalue weighted by Gasteiger charge is -2.38. The molecule has 3 unspecified atom stereocenters. The fourth-order valence-corrected chi connectivity index (χ4v) is 4.38. The molecule has 1 aromatic rings. The van der Waals surface area contributed by atoms with Gasteiger partial charge in [-0.25, -0.2) is 0 Å². The Kier molecular flexibility index (Phi) is 3.48. The van der Waals surface area contributed by atoms with Crippen LogP contribution in [0.1, 0.15) is 56.0 Å². The Morgan fingerprint density at radius 1 is 1.24 bits per heavy atom. The highest BCUT2D eigenvalue weighted by Crippen LogP contribution is 2.66. The SMILES string of the molecule is Cc1ccc(C(=O)COC2CC3CCC2(C)C3(C)C)cc1. The van der Waals surface area contributed by atoms with Crippen LogP contribution >= 0.6 is 0 Å². The summed E-state index contributed by atoms with van der Waals surface area (Å²) in [5.74, 6) is 0.848. The van der Waals surface area contributed by atoms with Gasteiger partial charge in [0.2, 0.25) is 0 Å². The van der Waals surface area contributed by atoms with Gasteiger partial charge in [0.25, 0.3) is 0 Å². The van der Waals surface area contributed by atoms with Gasteiger partial charge >= 0.3 is 0 Å². The van der Waals surface area contributed by atoms with Crippen molar-refractivity contribution < 1.29 is 9.53 Å². The van der Waals surface area contributed by atoms with Crippen molar-refractivity contribution in [2.75, 3.05) is 6.61 Å². The van der Waals surface area contributed by atoms with Crippen LogP contribution in [0.25, 0.3) is 0 Å². The lowest BCUT2D eigenvalue weighted by Crippen LogP contribution is -2.38. The summed E-state index contributed by atoms with van der Waals surface area (Å²) in [6.45, 7) is 9.34. The standard InChI is InChI=1S/C19H26O2/c1-13-5-7-14(8-6-13)16(20)12-21-17-11-15-9-10-19(17,4)18(15,2)3/h5-8,15,17H,9-12H2,1-4H3. The van der Waals surface area contributed by atoms with Gasteiger partial charge in [-0.05, 0) is 42.9 Å². The molecule has 2 bridgehead atoms. The maximum Gasteiger partial charge on any atom is 0.188 e. The number of carbonyl (C=O) groups is 1. The molecular weight excluding hydrogens is 260 g/mol. The number of Topliss-reactive ketones (excluding diaryl/α,β-unsaturated/α-hetero) is 1. The third-order valence-corrected chi connectivity index (χ3v) is 6.50. The zero-order valence-electron chi connectivity index (χ0n) is 13.6. The number of fused-ring (bicyclic) bond motifs is 2. The molecule has 0 aromatic heterocycles.